The Morgan fingerprint density at radius 2 is 1.62 bits per heavy atom. The van der Waals surface area contributed by atoms with Crippen molar-refractivity contribution in [2.75, 3.05) is 56.7 Å². The third-order valence-electron chi connectivity index (χ3n) is 6.91. The highest BCUT2D eigenvalue weighted by molar-refractivity contribution is 7.92. The molecule has 1 heterocycles. The average molecular weight is 605 g/mol. The van der Waals surface area contributed by atoms with Crippen molar-refractivity contribution in [3.05, 3.63) is 53.3 Å². The van der Waals surface area contributed by atoms with Crippen LogP contribution in [0.3, 0.4) is 0 Å². The van der Waals surface area contributed by atoms with Gasteiger partial charge in [-0.2, -0.15) is 0 Å². The Balaban J connectivity index is 1.57. The number of halogens is 1. The number of benzene rings is 2. The van der Waals surface area contributed by atoms with Crippen LogP contribution in [0.4, 0.5) is 10.1 Å². The summed E-state index contributed by atoms with van der Waals surface area (Å²) in [5, 5.41) is 0.337. The van der Waals surface area contributed by atoms with Crippen molar-refractivity contribution in [2.24, 2.45) is 5.73 Å². The number of Topliss-reactive ketones (excluding diaryl/α,β-unsaturated/α-hetero) is 1. The zero-order chi connectivity index (χ0) is 30.3. The number of ketones is 1. The van der Waals surface area contributed by atoms with Crippen LogP contribution >= 0.6 is 0 Å². The highest BCUT2D eigenvalue weighted by atomic mass is 32.2. The number of ether oxygens (including phenoxy) is 3. The van der Waals surface area contributed by atoms with Gasteiger partial charge in [-0.3, -0.25) is 13.9 Å². The maximum Gasteiger partial charge on any atom is 0.289 e. The smallest absolute Gasteiger partial charge is 0.289 e. The van der Waals surface area contributed by atoms with Gasteiger partial charge in [0.05, 0.1) is 57.1 Å². The Hall–Kier alpha value is -3.32. The van der Waals surface area contributed by atoms with Gasteiger partial charge in [0, 0.05) is 23.6 Å². The van der Waals surface area contributed by atoms with E-state index in [9.17, 15) is 22.4 Å². The number of carbonyl (C=O) groups is 2. The summed E-state index contributed by atoms with van der Waals surface area (Å²) in [7, 11) is -3.74. The first kappa shape index (κ1) is 31.6. The van der Waals surface area contributed by atoms with Gasteiger partial charge in [0.1, 0.15) is 17.2 Å². The number of rotatable bonds is 18. The molecule has 12 heteroatoms. The number of unbranched alkanes of at least 4 members (excludes halogenated alkanes) is 1. The summed E-state index contributed by atoms with van der Waals surface area (Å²) in [6, 6.07) is 8.54. The van der Waals surface area contributed by atoms with Crippen molar-refractivity contribution in [3.8, 4) is 11.3 Å². The molecule has 1 fully saturated rings. The first-order chi connectivity index (χ1) is 20.1. The number of primary amides is 1. The summed E-state index contributed by atoms with van der Waals surface area (Å²) < 4.78 is 63.4. The molecule has 2 N–H and O–H groups in total. The quantitative estimate of drug-likeness (QED) is 0.128. The lowest BCUT2D eigenvalue weighted by Gasteiger charge is -2.25. The van der Waals surface area contributed by atoms with Crippen molar-refractivity contribution >= 4 is 38.4 Å². The number of hydrogen-bond donors (Lipinski definition) is 1. The Kier molecular flexibility index (Phi) is 10.7. The molecule has 1 aliphatic rings. The maximum absolute atomic E-state index is 13.6. The Bertz CT molecular complexity index is 1500. The van der Waals surface area contributed by atoms with Crippen LogP contribution in [0.2, 0.25) is 0 Å². The van der Waals surface area contributed by atoms with Crippen LogP contribution in [-0.4, -0.2) is 72.6 Å². The number of carbonyl (C=O) groups excluding carboxylic acids is 2. The Morgan fingerprint density at radius 1 is 1.00 bits per heavy atom. The molecular formula is C30H37FN2O8S. The van der Waals surface area contributed by atoms with Gasteiger partial charge in [0.25, 0.3) is 11.7 Å². The summed E-state index contributed by atoms with van der Waals surface area (Å²) in [6.07, 6.45) is 4.88. The molecule has 3 aromatic rings. The third kappa shape index (κ3) is 7.94. The summed E-state index contributed by atoms with van der Waals surface area (Å²) in [6.45, 7) is 4.58. The molecule has 0 saturated heterocycles. The van der Waals surface area contributed by atoms with Gasteiger partial charge in [-0.1, -0.05) is 13.3 Å². The maximum atomic E-state index is 13.6. The largest absolute Gasteiger partial charge is 0.455 e. The van der Waals surface area contributed by atoms with Crippen molar-refractivity contribution in [3.63, 3.8) is 0 Å². The fourth-order valence-electron chi connectivity index (χ4n) is 4.64. The van der Waals surface area contributed by atoms with Crippen molar-refractivity contribution < 1.29 is 41.0 Å². The van der Waals surface area contributed by atoms with Gasteiger partial charge >= 0.3 is 0 Å². The number of sulfonamides is 1. The van der Waals surface area contributed by atoms with Gasteiger partial charge in [-0.05, 0) is 61.1 Å². The number of furan rings is 1. The predicted octanol–water partition coefficient (Wildman–Crippen LogP) is 4.40. The van der Waals surface area contributed by atoms with E-state index in [4.69, 9.17) is 24.4 Å². The number of anilines is 1. The van der Waals surface area contributed by atoms with E-state index in [1.54, 1.807) is 12.1 Å². The molecule has 1 amide bonds. The molecule has 1 saturated carbocycles. The second-order valence-electron chi connectivity index (χ2n) is 10.2. The number of fused-ring (bicyclic) bond motifs is 1. The molecule has 4 rings (SSSR count). The SMILES string of the molecule is CCCCOCCOCCOCCN(c1cc2oc(-c3ccc(F)cc3)c(C(=O)C(N)=O)c2cc1C1CC1)S(C)(=O)=O. The molecule has 0 unspecified atom stereocenters. The van der Waals surface area contributed by atoms with Crippen LogP contribution in [0.25, 0.3) is 22.3 Å². The molecule has 1 aliphatic carbocycles. The van der Waals surface area contributed by atoms with Crippen molar-refractivity contribution in [2.45, 2.75) is 38.5 Å². The van der Waals surface area contributed by atoms with Gasteiger partial charge < -0.3 is 24.4 Å². The molecule has 0 radical (unpaired) electrons. The molecule has 2 aromatic carbocycles. The van der Waals surface area contributed by atoms with Crippen LogP contribution < -0.4 is 10.0 Å². The lowest BCUT2D eigenvalue weighted by molar-refractivity contribution is -0.114. The molecule has 0 atom stereocenters. The van der Waals surface area contributed by atoms with E-state index in [1.807, 2.05) is 0 Å². The van der Waals surface area contributed by atoms with Crippen LogP contribution in [0.1, 0.15) is 54.4 Å². The standard InChI is InChI=1S/C30H37FN2O8S/c1-3-4-12-38-14-16-40-17-15-39-13-11-33(42(2,36)37)25-19-26-24(18-23(25)20-5-6-20)27(28(34)30(32)35)29(41-26)21-7-9-22(31)10-8-21/h7-10,18-20H,3-6,11-17H2,1-2H3,(H2,32,35). The van der Waals surface area contributed by atoms with E-state index in [0.29, 0.717) is 55.2 Å². The third-order valence-corrected chi connectivity index (χ3v) is 8.09. The number of hydrogen-bond acceptors (Lipinski definition) is 8. The molecule has 0 aliphatic heterocycles. The normalized spacial score (nSPS) is 13.5. The minimum atomic E-state index is -3.74. The number of nitrogens with two attached hydrogens (primary N) is 1. The fourth-order valence-corrected chi connectivity index (χ4v) is 5.56. The predicted molar refractivity (Wildman–Crippen MR) is 157 cm³/mol. The number of amides is 1. The molecule has 0 spiro atoms. The van der Waals surface area contributed by atoms with E-state index >= 15 is 0 Å². The highest BCUT2D eigenvalue weighted by Gasteiger charge is 2.33. The van der Waals surface area contributed by atoms with Crippen molar-refractivity contribution in [1.29, 1.82) is 0 Å². The summed E-state index contributed by atoms with van der Waals surface area (Å²) in [5.74, 6) is -2.47. The van der Waals surface area contributed by atoms with E-state index in [0.717, 1.165) is 31.9 Å². The van der Waals surface area contributed by atoms with E-state index < -0.39 is 27.5 Å². The highest BCUT2D eigenvalue weighted by Crippen LogP contribution is 2.48. The number of nitrogens with zero attached hydrogens (tertiary/aromatic N) is 1. The molecule has 228 valence electrons. The molecule has 1 aromatic heterocycles. The average Bonchev–Trinajstić information content (AvgIpc) is 3.73. The van der Waals surface area contributed by atoms with Crippen LogP contribution in [0, 0.1) is 5.82 Å². The first-order valence-electron chi connectivity index (χ1n) is 14.0. The van der Waals surface area contributed by atoms with E-state index in [1.165, 1.54) is 28.6 Å². The second kappa shape index (κ2) is 14.2. The first-order valence-corrected chi connectivity index (χ1v) is 15.9. The van der Waals surface area contributed by atoms with Crippen LogP contribution in [-0.2, 0) is 29.0 Å². The molecule has 10 nitrogen and oxygen atoms in total. The van der Waals surface area contributed by atoms with Gasteiger partial charge in [0.2, 0.25) is 10.0 Å². The van der Waals surface area contributed by atoms with Gasteiger partial charge in [-0.15, -0.1) is 0 Å². The monoisotopic (exact) mass is 604 g/mol. The molecular weight excluding hydrogens is 567 g/mol. The van der Waals surface area contributed by atoms with Crippen LogP contribution in [0.15, 0.2) is 40.8 Å². The van der Waals surface area contributed by atoms with E-state index in [2.05, 4.69) is 6.92 Å². The molecule has 0 bridgehead atoms. The zero-order valence-corrected chi connectivity index (χ0v) is 24.7. The van der Waals surface area contributed by atoms with E-state index in [-0.39, 0.29) is 36.0 Å². The fraction of sp³-hybridized carbons (Fsp3) is 0.467. The lowest BCUT2D eigenvalue weighted by atomic mass is 9.98. The lowest BCUT2D eigenvalue weighted by Crippen LogP contribution is -2.34. The Labute approximate surface area is 244 Å². The van der Waals surface area contributed by atoms with Gasteiger partial charge in [-0.25, -0.2) is 12.8 Å². The summed E-state index contributed by atoms with van der Waals surface area (Å²) >= 11 is 0. The van der Waals surface area contributed by atoms with Crippen LogP contribution in [0.5, 0.6) is 0 Å². The minimum Gasteiger partial charge on any atom is -0.455 e. The van der Waals surface area contributed by atoms with Gasteiger partial charge in [0.15, 0.2) is 0 Å². The second-order valence-corrected chi connectivity index (χ2v) is 12.1. The molecule has 42 heavy (non-hydrogen) atoms. The zero-order valence-electron chi connectivity index (χ0n) is 23.9. The topological polar surface area (TPSA) is 138 Å². The summed E-state index contributed by atoms with van der Waals surface area (Å²) in [4.78, 5) is 24.9. The Morgan fingerprint density at radius 3 is 2.19 bits per heavy atom. The van der Waals surface area contributed by atoms with Crippen molar-refractivity contribution in [1.82, 2.24) is 0 Å². The summed E-state index contributed by atoms with van der Waals surface area (Å²) in [5.41, 5.74) is 7.01. The minimum absolute atomic E-state index is 0.0393.